The van der Waals surface area contributed by atoms with Crippen molar-refractivity contribution < 1.29 is 9.59 Å². The van der Waals surface area contributed by atoms with E-state index in [2.05, 4.69) is 38.1 Å². The second-order valence-corrected chi connectivity index (χ2v) is 7.78. The van der Waals surface area contributed by atoms with Gasteiger partial charge in [-0.3, -0.25) is 9.59 Å². The largest absolute Gasteiger partial charge is 0.274 e. The quantitative estimate of drug-likeness (QED) is 0.728. The van der Waals surface area contributed by atoms with Crippen molar-refractivity contribution in [1.82, 2.24) is 0 Å². The molecule has 3 atom stereocenters. The average molecular weight is 361 g/mol. The molecule has 0 radical (unpaired) electrons. The lowest BCUT2D eigenvalue weighted by molar-refractivity contribution is -0.122. The number of aryl methyl sites for hydroxylation is 2. The number of nitrogens with zero attached hydrogens (tertiary/aromatic N) is 1. The number of rotatable bonds is 4. The van der Waals surface area contributed by atoms with Crippen molar-refractivity contribution in [3.05, 3.63) is 65.2 Å². The van der Waals surface area contributed by atoms with Gasteiger partial charge in [0.2, 0.25) is 11.8 Å². The zero-order chi connectivity index (χ0) is 19.0. The maximum Gasteiger partial charge on any atom is 0.237 e. The monoisotopic (exact) mass is 361 g/mol. The summed E-state index contributed by atoms with van der Waals surface area (Å²) in [6.07, 6.45) is 4.21. The van der Waals surface area contributed by atoms with Crippen LogP contribution >= 0.6 is 0 Å². The summed E-state index contributed by atoms with van der Waals surface area (Å²) in [5.41, 5.74) is 4.34. The standard InChI is InChI=1S/C24H27NO2/c1-3-16-11-8-12-17(4-2)22(16)25-23(26)20-14-13-19(15-21(20)24(25)27)18-9-6-5-7-10-18/h5-12,19-21H,3-4,13-15H2,1-2H3/t19-,20+,21+/m1/s1. The van der Waals surface area contributed by atoms with E-state index in [1.165, 1.54) is 5.56 Å². The van der Waals surface area contributed by atoms with Crippen LogP contribution in [0.25, 0.3) is 0 Å². The number of benzene rings is 2. The van der Waals surface area contributed by atoms with Gasteiger partial charge in [0.05, 0.1) is 17.5 Å². The predicted octanol–water partition coefficient (Wildman–Crippen LogP) is 4.88. The Hall–Kier alpha value is -2.42. The molecule has 0 bridgehead atoms. The molecule has 1 heterocycles. The van der Waals surface area contributed by atoms with Gasteiger partial charge in [-0.2, -0.15) is 0 Å². The SMILES string of the molecule is CCc1cccc(CC)c1N1C(=O)[C@H]2CC[C@@H](c3ccccc3)C[C@@H]2C1=O. The van der Waals surface area contributed by atoms with Gasteiger partial charge in [0.25, 0.3) is 0 Å². The number of amides is 2. The predicted molar refractivity (Wildman–Crippen MR) is 108 cm³/mol. The van der Waals surface area contributed by atoms with Crippen molar-refractivity contribution in [3.63, 3.8) is 0 Å². The Bertz CT molecular complexity index is 836. The number of hydrogen-bond donors (Lipinski definition) is 0. The van der Waals surface area contributed by atoms with Crippen LogP contribution in [0.4, 0.5) is 5.69 Å². The van der Waals surface area contributed by atoms with E-state index in [1.807, 2.05) is 24.3 Å². The number of para-hydroxylation sites is 1. The third kappa shape index (κ3) is 2.99. The van der Waals surface area contributed by atoms with Crippen LogP contribution in [-0.4, -0.2) is 11.8 Å². The lowest BCUT2D eigenvalue weighted by atomic mass is 9.73. The van der Waals surface area contributed by atoms with Gasteiger partial charge in [-0.05, 0) is 54.7 Å². The topological polar surface area (TPSA) is 37.4 Å². The van der Waals surface area contributed by atoms with Crippen LogP contribution in [0.5, 0.6) is 0 Å². The molecule has 0 N–H and O–H groups in total. The second-order valence-electron chi connectivity index (χ2n) is 7.78. The Kier molecular flexibility index (Phi) is 4.86. The molecule has 2 fully saturated rings. The van der Waals surface area contributed by atoms with Crippen molar-refractivity contribution >= 4 is 17.5 Å². The summed E-state index contributed by atoms with van der Waals surface area (Å²) in [5.74, 6) is 0.0858. The molecule has 1 saturated carbocycles. The molecule has 1 aliphatic carbocycles. The smallest absolute Gasteiger partial charge is 0.237 e. The third-order valence-corrected chi connectivity index (χ3v) is 6.38. The summed E-state index contributed by atoms with van der Waals surface area (Å²) >= 11 is 0. The number of carbonyl (C=O) groups excluding carboxylic acids is 2. The van der Waals surface area contributed by atoms with E-state index in [9.17, 15) is 9.59 Å². The van der Waals surface area contributed by atoms with Crippen molar-refractivity contribution in [2.45, 2.75) is 51.9 Å². The van der Waals surface area contributed by atoms with Crippen molar-refractivity contribution in [3.8, 4) is 0 Å². The molecule has 2 aromatic rings. The van der Waals surface area contributed by atoms with E-state index in [4.69, 9.17) is 0 Å². The first-order valence-electron chi connectivity index (χ1n) is 10.2. The Morgan fingerprint density at radius 1 is 0.815 bits per heavy atom. The molecule has 0 aromatic heterocycles. The zero-order valence-electron chi connectivity index (χ0n) is 16.2. The van der Waals surface area contributed by atoms with E-state index >= 15 is 0 Å². The van der Waals surface area contributed by atoms with Crippen LogP contribution in [0, 0.1) is 11.8 Å². The highest BCUT2D eigenvalue weighted by molar-refractivity contribution is 6.22. The molecule has 0 spiro atoms. The molecule has 3 heteroatoms. The van der Waals surface area contributed by atoms with Crippen LogP contribution < -0.4 is 4.90 Å². The Morgan fingerprint density at radius 2 is 1.44 bits per heavy atom. The minimum atomic E-state index is -0.175. The van der Waals surface area contributed by atoms with Gasteiger partial charge >= 0.3 is 0 Å². The molecule has 27 heavy (non-hydrogen) atoms. The maximum atomic E-state index is 13.4. The summed E-state index contributed by atoms with van der Waals surface area (Å²) in [6.45, 7) is 4.17. The normalized spacial score (nSPS) is 25.0. The van der Waals surface area contributed by atoms with Crippen molar-refractivity contribution in [2.75, 3.05) is 4.90 Å². The summed E-state index contributed by atoms with van der Waals surface area (Å²) in [7, 11) is 0. The van der Waals surface area contributed by atoms with Crippen LogP contribution in [-0.2, 0) is 22.4 Å². The first kappa shape index (κ1) is 18.0. The number of anilines is 1. The molecule has 140 valence electrons. The third-order valence-electron chi connectivity index (χ3n) is 6.38. The van der Waals surface area contributed by atoms with Crippen LogP contribution in [0.15, 0.2) is 48.5 Å². The van der Waals surface area contributed by atoms with Crippen LogP contribution in [0.1, 0.15) is 55.7 Å². The minimum Gasteiger partial charge on any atom is -0.274 e. The molecule has 2 amide bonds. The van der Waals surface area contributed by atoms with Gasteiger partial charge in [-0.1, -0.05) is 62.4 Å². The summed E-state index contributed by atoms with van der Waals surface area (Å²) in [5, 5.41) is 0. The first-order valence-corrected chi connectivity index (χ1v) is 10.2. The highest BCUT2D eigenvalue weighted by atomic mass is 16.2. The summed E-state index contributed by atoms with van der Waals surface area (Å²) < 4.78 is 0. The van der Waals surface area contributed by atoms with Gasteiger partial charge in [0.15, 0.2) is 0 Å². The number of hydrogen-bond acceptors (Lipinski definition) is 2. The molecule has 2 aromatic carbocycles. The van der Waals surface area contributed by atoms with Gasteiger partial charge in [-0.25, -0.2) is 4.90 Å². The van der Waals surface area contributed by atoms with Gasteiger partial charge < -0.3 is 0 Å². The Morgan fingerprint density at radius 3 is 2.07 bits per heavy atom. The summed E-state index contributed by atoms with van der Waals surface area (Å²) in [6, 6.07) is 16.5. The van der Waals surface area contributed by atoms with Gasteiger partial charge in [0.1, 0.15) is 0 Å². The lowest BCUT2D eigenvalue weighted by Gasteiger charge is -2.28. The molecular formula is C24H27NO2. The van der Waals surface area contributed by atoms with Crippen LogP contribution in [0.2, 0.25) is 0 Å². The number of imide groups is 1. The fourth-order valence-corrected chi connectivity index (χ4v) is 4.93. The lowest BCUT2D eigenvalue weighted by Crippen LogP contribution is -2.32. The first-order chi connectivity index (χ1) is 13.2. The van der Waals surface area contributed by atoms with E-state index in [0.29, 0.717) is 5.92 Å². The molecule has 2 aliphatic rings. The van der Waals surface area contributed by atoms with E-state index < -0.39 is 0 Å². The highest BCUT2D eigenvalue weighted by Gasteiger charge is 2.51. The fourth-order valence-electron chi connectivity index (χ4n) is 4.93. The zero-order valence-corrected chi connectivity index (χ0v) is 16.2. The molecule has 0 unspecified atom stereocenters. The number of fused-ring (bicyclic) bond motifs is 1. The Balaban J connectivity index is 1.68. The van der Waals surface area contributed by atoms with E-state index in [-0.39, 0.29) is 23.7 Å². The maximum absolute atomic E-state index is 13.4. The minimum absolute atomic E-state index is 0.0150. The van der Waals surface area contributed by atoms with E-state index in [1.54, 1.807) is 4.90 Å². The number of carbonyl (C=O) groups is 2. The van der Waals surface area contributed by atoms with E-state index in [0.717, 1.165) is 48.9 Å². The van der Waals surface area contributed by atoms with Crippen LogP contribution in [0.3, 0.4) is 0 Å². The van der Waals surface area contributed by atoms with Crippen molar-refractivity contribution in [1.29, 1.82) is 0 Å². The molecule has 1 aliphatic heterocycles. The summed E-state index contributed by atoms with van der Waals surface area (Å²) in [4.78, 5) is 28.1. The van der Waals surface area contributed by atoms with Gasteiger partial charge in [0, 0.05) is 0 Å². The Labute approximate surface area is 161 Å². The second kappa shape index (κ2) is 7.30. The average Bonchev–Trinajstić information content (AvgIpc) is 2.97. The van der Waals surface area contributed by atoms with Gasteiger partial charge in [-0.15, -0.1) is 0 Å². The molecule has 4 rings (SSSR count). The fraction of sp³-hybridized carbons (Fsp3) is 0.417. The van der Waals surface area contributed by atoms with Crippen molar-refractivity contribution in [2.24, 2.45) is 11.8 Å². The molecule has 1 saturated heterocycles. The molecule has 3 nitrogen and oxygen atoms in total. The molecular weight excluding hydrogens is 334 g/mol. The highest BCUT2D eigenvalue weighted by Crippen LogP contribution is 2.46.